The Morgan fingerprint density at radius 2 is 1.95 bits per heavy atom. The smallest absolute Gasteiger partial charge is 0.244 e. The van der Waals surface area contributed by atoms with Crippen molar-refractivity contribution in [1.29, 1.82) is 0 Å². The third-order valence-corrected chi connectivity index (χ3v) is 3.49. The molecule has 2 N–H and O–H groups in total. The van der Waals surface area contributed by atoms with Gasteiger partial charge >= 0.3 is 0 Å². The normalized spacial score (nSPS) is 22.5. The molecule has 0 aliphatic heterocycles. The van der Waals surface area contributed by atoms with Crippen molar-refractivity contribution < 1.29 is 9.90 Å². The highest BCUT2D eigenvalue weighted by Crippen LogP contribution is 2.19. The Morgan fingerprint density at radius 3 is 2.47 bits per heavy atom. The molecule has 1 aromatic carbocycles. The molecule has 0 unspecified atom stereocenters. The summed E-state index contributed by atoms with van der Waals surface area (Å²) in [5.74, 6) is 0.427. The average molecular weight is 259 g/mol. The Balaban J connectivity index is 1.85. The summed E-state index contributed by atoms with van der Waals surface area (Å²) in [6.07, 6.45) is 4.47. The summed E-state index contributed by atoms with van der Waals surface area (Å²) < 4.78 is 0. The summed E-state index contributed by atoms with van der Waals surface area (Å²) in [6, 6.07) is 8.35. The number of hydrogen-bond acceptors (Lipinski definition) is 2. The van der Waals surface area contributed by atoms with Gasteiger partial charge in [0.1, 0.15) is 0 Å². The highest BCUT2D eigenvalue weighted by atomic mass is 16.3. The monoisotopic (exact) mass is 259 g/mol. The van der Waals surface area contributed by atoms with E-state index in [4.69, 9.17) is 5.11 Å². The SMILES string of the molecule is CC(C)c1ccc(C=CC(=O)NC2CC(O)C2)cc1. The second-order valence-corrected chi connectivity index (χ2v) is 5.49. The molecule has 19 heavy (non-hydrogen) atoms. The van der Waals surface area contributed by atoms with Gasteiger partial charge in [-0.2, -0.15) is 0 Å². The first kappa shape index (κ1) is 13.8. The molecule has 0 heterocycles. The molecule has 0 atom stereocenters. The molecule has 3 heteroatoms. The largest absolute Gasteiger partial charge is 0.393 e. The summed E-state index contributed by atoms with van der Waals surface area (Å²) in [5.41, 5.74) is 2.32. The quantitative estimate of drug-likeness (QED) is 0.816. The number of carbonyl (C=O) groups is 1. The number of nitrogens with one attached hydrogen (secondary N) is 1. The molecular formula is C16H21NO2. The Hall–Kier alpha value is -1.61. The van der Waals surface area contributed by atoms with E-state index in [2.05, 4.69) is 31.3 Å². The Morgan fingerprint density at radius 1 is 1.32 bits per heavy atom. The van der Waals surface area contributed by atoms with E-state index in [1.165, 1.54) is 5.56 Å². The van der Waals surface area contributed by atoms with E-state index in [0.29, 0.717) is 18.8 Å². The van der Waals surface area contributed by atoms with E-state index >= 15 is 0 Å². The van der Waals surface area contributed by atoms with Crippen LogP contribution < -0.4 is 5.32 Å². The van der Waals surface area contributed by atoms with Crippen LogP contribution in [-0.4, -0.2) is 23.2 Å². The van der Waals surface area contributed by atoms with E-state index < -0.39 is 0 Å². The van der Waals surface area contributed by atoms with Crippen molar-refractivity contribution in [3.63, 3.8) is 0 Å². The predicted molar refractivity (Wildman–Crippen MR) is 76.7 cm³/mol. The van der Waals surface area contributed by atoms with Crippen molar-refractivity contribution in [1.82, 2.24) is 5.32 Å². The predicted octanol–water partition coefficient (Wildman–Crippen LogP) is 2.46. The Kier molecular flexibility index (Phi) is 4.38. The van der Waals surface area contributed by atoms with Crippen LogP contribution in [0.1, 0.15) is 43.7 Å². The Bertz CT molecular complexity index is 456. The zero-order valence-electron chi connectivity index (χ0n) is 11.5. The average Bonchev–Trinajstić information content (AvgIpc) is 2.35. The van der Waals surface area contributed by atoms with Gasteiger partial charge in [-0.25, -0.2) is 0 Å². The van der Waals surface area contributed by atoms with E-state index in [0.717, 1.165) is 5.56 Å². The van der Waals surface area contributed by atoms with E-state index in [1.54, 1.807) is 6.08 Å². The van der Waals surface area contributed by atoms with Crippen LogP contribution in [0.15, 0.2) is 30.3 Å². The van der Waals surface area contributed by atoms with Gasteiger partial charge in [0.15, 0.2) is 0 Å². The minimum absolute atomic E-state index is 0.0927. The minimum atomic E-state index is -0.238. The van der Waals surface area contributed by atoms with Crippen LogP contribution in [0.2, 0.25) is 0 Å². The number of hydrogen-bond donors (Lipinski definition) is 2. The fourth-order valence-electron chi connectivity index (χ4n) is 2.12. The number of aliphatic hydroxyl groups is 1. The van der Waals surface area contributed by atoms with Crippen LogP contribution in [0.25, 0.3) is 6.08 Å². The molecule has 1 aliphatic rings. The molecule has 1 fully saturated rings. The number of benzene rings is 1. The maximum absolute atomic E-state index is 11.6. The third kappa shape index (κ3) is 3.93. The first-order valence-electron chi connectivity index (χ1n) is 6.81. The first-order chi connectivity index (χ1) is 9.04. The van der Waals surface area contributed by atoms with Gasteiger partial charge in [0.2, 0.25) is 5.91 Å². The highest BCUT2D eigenvalue weighted by molar-refractivity contribution is 5.91. The summed E-state index contributed by atoms with van der Waals surface area (Å²) in [6.45, 7) is 4.32. The summed E-state index contributed by atoms with van der Waals surface area (Å²) in [5, 5.41) is 12.0. The zero-order chi connectivity index (χ0) is 13.8. The minimum Gasteiger partial charge on any atom is -0.393 e. The molecule has 0 spiro atoms. The molecule has 102 valence electrons. The molecule has 0 bridgehead atoms. The van der Waals surface area contributed by atoms with Gasteiger partial charge in [0.25, 0.3) is 0 Å². The molecular weight excluding hydrogens is 238 g/mol. The molecule has 2 rings (SSSR count). The van der Waals surface area contributed by atoms with Crippen molar-refractivity contribution in [2.24, 2.45) is 0 Å². The van der Waals surface area contributed by atoms with Gasteiger partial charge in [-0.1, -0.05) is 38.1 Å². The molecule has 1 aromatic rings. The fourth-order valence-corrected chi connectivity index (χ4v) is 2.12. The van der Waals surface area contributed by atoms with Crippen LogP contribution in [0.4, 0.5) is 0 Å². The van der Waals surface area contributed by atoms with Crippen molar-refractivity contribution in [2.45, 2.75) is 44.8 Å². The van der Waals surface area contributed by atoms with Crippen molar-refractivity contribution in [3.05, 3.63) is 41.5 Å². The van der Waals surface area contributed by atoms with Gasteiger partial charge in [-0.3, -0.25) is 4.79 Å². The fraction of sp³-hybridized carbons (Fsp3) is 0.438. The van der Waals surface area contributed by atoms with Crippen LogP contribution in [0.3, 0.4) is 0 Å². The molecule has 1 amide bonds. The lowest BCUT2D eigenvalue weighted by Gasteiger charge is -2.31. The van der Waals surface area contributed by atoms with Crippen molar-refractivity contribution in [3.8, 4) is 0 Å². The van der Waals surface area contributed by atoms with Crippen LogP contribution in [0, 0.1) is 0 Å². The van der Waals surface area contributed by atoms with Gasteiger partial charge < -0.3 is 10.4 Å². The van der Waals surface area contributed by atoms with Gasteiger partial charge in [-0.05, 0) is 36.0 Å². The number of rotatable bonds is 4. The van der Waals surface area contributed by atoms with E-state index in [1.807, 2.05) is 18.2 Å². The lowest BCUT2D eigenvalue weighted by atomic mass is 9.89. The lowest BCUT2D eigenvalue weighted by molar-refractivity contribution is -0.118. The molecule has 0 aromatic heterocycles. The summed E-state index contributed by atoms with van der Waals surface area (Å²) >= 11 is 0. The Labute approximate surface area is 114 Å². The molecule has 3 nitrogen and oxygen atoms in total. The van der Waals surface area contributed by atoms with Gasteiger partial charge in [-0.15, -0.1) is 0 Å². The second kappa shape index (κ2) is 6.02. The number of carbonyl (C=O) groups excluding carboxylic acids is 1. The molecule has 0 radical (unpaired) electrons. The van der Waals surface area contributed by atoms with E-state index in [-0.39, 0.29) is 18.1 Å². The molecule has 1 aliphatic carbocycles. The highest BCUT2D eigenvalue weighted by Gasteiger charge is 2.27. The number of amides is 1. The summed E-state index contributed by atoms with van der Waals surface area (Å²) in [4.78, 5) is 11.6. The molecule has 1 saturated carbocycles. The third-order valence-electron chi connectivity index (χ3n) is 3.49. The van der Waals surface area contributed by atoms with Crippen LogP contribution >= 0.6 is 0 Å². The van der Waals surface area contributed by atoms with Crippen LogP contribution in [0.5, 0.6) is 0 Å². The van der Waals surface area contributed by atoms with Crippen LogP contribution in [-0.2, 0) is 4.79 Å². The zero-order valence-corrected chi connectivity index (χ0v) is 11.5. The van der Waals surface area contributed by atoms with Gasteiger partial charge in [0.05, 0.1) is 6.10 Å². The first-order valence-corrected chi connectivity index (χ1v) is 6.81. The van der Waals surface area contributed by atoms with Crippen molar-refractivity contribution in [2.75, 3.05) is 0 Å². The number of aliphatic hydroxyl groups excluding tert-OH is 1. The maximum atomic E-state index is 11.6. The van der Waals surface area contributed by atoms with Gasteiger partial charge in [0, 0.05) is 12.1 Å². The lowest BCUT2D eigenvalue weighted by Crippen LogP contribution is -2.46. The maximum Gasteiger partial charge on any atom is 0.244 e. The summed E-state index contributed by atoms with van der Waals surface area (Å²) in [7, 11) is 0. The molecule has 0 saturated heterocycles. The van der Waals surface area contributed by atoms with E-state index in [9.17, 15) is 4.79 Å². The standard InChI is InChI=1S/C16H21NO2/c1-11(2)13-6-3-12(4-7-13)5-8-16(19)17-14-9-15(18)10-14/h3-8,11,14-15,18H,9-10H2,1-2H3,(H,17,19). The second-order valence-electron chi connectivity index (χ2n) is 5.49. The topological polar surface area (TPSA) is 49.3 Å². The van der Waals surface area contributed by atoms with Crippen molar-refractivity contribution >= 4 is 12.0 Å².